The quantitative estimate of drug-likeness (QED) is 0.798. The van der Waals surface area contributed by atoms with Crippen LogP contribution in [0.1, 0.15) is 17.2 Å². The van der Waals surface area contributed by atoms with Crippen LogP contribution in [0.2, 0.25) is 0 Å². The molecule has 0 aliphatic carbocycles. The Bertz CT molecular complexity index is 722. The molecule has 0 aromatic heterocycles. The van der Waals surface area contributed by atoms with E-state index in [2.05, 4.69) is 45.1 Å². The molecule has 24 heavy (non-hydrogen) atoms. The number of hydrogen-bond acceptors (Lipinski definition) is 4. The van der Waals surface area contributed by atoms with Crippen LogP contribution in [-0.4, -0.2) is 37.8 Å². The number of morpholine rings is 1. The molecule has 4 nitrogen and oxygen atoms in total. The summed E-state index contributed by atoms with van der Waals surface area (Å²) in [5, 5.41) is 0. The predicted molar refractivity (Wildman–Crippen MR) is 95.5 cm³/mol. The van der Waals surface area contributed by atoms with Crippen molar-refractivity contribution >= 4 is 15.9 Å². The van der Waals surface area contributed by atoms with E-state index in [4.69, 9.17) is 14.2 Å². The van der Waals surface area contributed by atoms with Crippen molar-refractivity contribution in [2.75, 3.05) is 32.9 Å². The summed E-state index contributed by atoms with van der Waals surface area (Å²) in [6, 6.07) is 14.5. The first kappa shape index (κ1) is 15.9. The predicted octanol–water partition coefficient (Wildman–Crippen LogP) is 3.79. The van der Waals surface area contributed by atoms with E-state index in [0.717, 1.165) is 42.2 Å². The zero-order chi connectivity index (χ0) is 16.4. The average molecular weight is 390 g/mol. The van der Waals surface area contributed by atoms with E-state index in [1.165, 1.54) is 11.1 Å². The van der Waals surface area contributed by atoms with Gasteiger partial charge in [-0.25, -0.2) is 0 Å². The molecular weight excluding hydrogens is 370 g/mol. The molecule has 2 aliphatic rings. The number of nitrogens with zero attached hydrogens (tertiary/aromatic N) is 1. The summed E-state index contributed by atoms with van der Waals surface area (Å²) in [6.45, 7) is 4.63. The van der Waals surface area contributed by atoms with Crippen LogP contribution in [0, 0.1) is 0 Å². The Morgan fingerprint density at radius 1 is 1.04 bits per heavy atom. The number of para-hydroxylation sites is 1. The van der Waals surface area contributed by atoms with Gasteiger partial charge in [0.2, 0.25) is 0 Å². The minimum atomic E-state index is 0.105. The Labute approximate surface area is 150 Å². The lowest BCUT2D eigenvalue weighted by atomic mass is 10.1. The maximum Gasteiger partial charge on any atom is 0.165 e. The van der Waals surface area contributed by atoms with Crippen LogP contribution >= 0.6 is 15.9 Å². The molecule has 0 amide bonds. The second kappa shape index (κ2) is 7.13. The molecular formula is C19H20BrNO3. The minimum absolute atomic E-state index is 0.105. The first-order chi connectivity index (χ1) is 11.8. The fraction of sp³-hybridized carbons (Fsp3) is 0.368. The normalized spacial score (nSPS) is 20.8. The summed E-state index contributed by atoms with van der Waals surface area (Å²) in [5.74, 6) is 1.75. The summed E-state index contributed by atoms with van der Waals surface area (Å²) in [6.07, 6.45) is 0.105. The van der Waals surface area contributed by atoms with Gasteiger partial charge in [0.15, 0.2) is 11.5 Å². The first-order valence-corrected chi connectivity index (χ1v) is 9.06. The average Bonchev–Trinajstić information content (AvgIpc) is 2.62. The highest BCUT2D eigenvalue weighted by molar-refractivity contribution is 9.10. The Morgan fingerprint density at radius 2 is 1.92 bits per heavy atom. The lowest BCUT2D eigenvalue weighted by Crippen LogP contribution is -2.38. The van der Waals surface area contributed by atoms with Crippen LogP contribution in [0.3, 0.4) is 0 Å². The van der Waals surface area contributed by atoms with Gasteiger partial charge >= 0.3 is 0 Å². The van der Waals surface area contributed by atoms with Gasteiger partial charge in [-0.3, -0.25) is 4.90 Å². The zero-order valence-corrected chi connectivity index (χ0v) is 15.0. The standard InChI is InChI=1S/C19H20BrNO3/c20-16-5-1-3-14(11-16)18-13-21(7-8-22-18)12-15-4-2-6-17-19(15)24-10-9-23-17/h1-6,11,18H,7-10,12-13H2/t18-/m1/s1. The lowest BCUT2D eigenvalue weighted by Gasteiger charge is -2.34. The van der Waals surface area contributed by atoms with Gasteiger partial charge in [-0.05, 0) is 23.8 Å². The maximum atomic E-state index is 5.98. The van der Waals surface area contributed by atoms with Gasteiger partial charge in [0.1, 0.15) is 13.2 Å². The molecule has 2 aliphatic heterocycles. The van der Waals surface area contributed by atoms with E-state index in [0.29, 0.717) is 13.2 Å². The number of hydrogen-bond donors (Lipinski definition) is 0. The van der Waals surface area contributed by atoms with Gasteiger partial charge in [-0.15, -0.1) is 0 Å². The van der Waals surface area contributed by atoms with Crippen LogP contribution < -0.4 is 9.47 Å². The van der Waals surface area contributed by atoms with Crippen LogP contribution in [0.25, 0.3) is 0 Å². The van der Waals surface area contributed by atoms with E-state index >= 15 is 0 Å². The van der Waals surface area contributed by atoms with Gasteiger partial charge in [-0.1, -0.05) is 40.2 Å². The molecule has 1 saturated heterocycles. The number of fused-ring (bicyclic) bond motifs is 1. The van der Waals surface area contributed by atoms with Crippen molar-refractivity contribution < 1.29 is 14.2 Å². The van der Waals surface area contributed by atoms with Crippen LogP contribution in [-0.2, 0) is 11.3 Å². The second-order valence-corrected chi connectivity index (χ2v) is 7.01. The van der Waals surface area contributed by atoms with Crippen molar-refractivity contribution in [3.63, 3.8) is 0 Å². The number of benzene rings is 2. The molecule has 4 rings (SSSR count). The molecule has 0 saturated carbocycles. The first-order valence-electron chi connectivity index (χ1n) is 8.26. The SMILES string of the molecule is Brc1cccc([C@H]2CN(Cc3cccc4c3OCCO4)CCO2)c1. The van der Waals surface area contributed by atoms with Crippen molar-refractivity contribution in [1.29, 1.82) is 0 Å². The van der Waals surface area contributed by atoms with Crippen molar-refractivity contribution in [2.24, 2.45) is 0 Å². The number of rotatable bonds is 3. The molecule has 0 radical (unpaired) electrons. The highest BCUT2D eigenvalue weighted by Crippen LogP contribution is 2.35. The largest absolute Gasteiger partial charge is 0.486 e. The highest BCUT2D eigenvalue weighted by atomic mass is 79.9. The molecule has 0 N–H and O–H groups in total. The Hall–Kier alpha value is -1.56. The van der Waals surface area contributed by atoms with Crippen LogP contribution in [0.4, 0.5) is 0 Å². The van der Waals surface area contributed by atoms with Gasteiger partial charge in [0.25, 0.3) is 0 Å². The third kappa shape index (κ3) is 3.43. The highest BCUT2D eigenvalue weighted by Gasteiger charge is 2.24. The Morgan fingerprint density at radius 3 is 2.83 bits per heavy atom. The third-order valence-corrected chi connectivity index (χ3v) is 4.91. The van der Waals surface area contributed by atoms with E-state index in [1.54, 1.807) is 0 Å². The van der Waals surface area contributed by atoms with Crippen LogP contribution in [0.5, 0.6) is 11.5 Å². The molecule has 0 spiro atoms. The van der Waals surface area contributed by atoms with Crippen LogP contribution in [0.15, 0.2) is 46.9 Å². The number of halogens is 1. The smallest absolute Gasteiger partial charge is 0.165 e. The summed E-state index contributed by atoms with van der Waals surface area (Å²) >= 11 is 3.54. The summed E-state index contributed by atoms with van der Waals surface area (Å²) in [5.41, 5.74) is 2.39. The van der Waals surface area contributed by atoms with Gasteiger partial charge in [-0.2, -0.15) is 0 Å². The molecule has 2 aromatic carbocycles. The molecule has 1 atom stereocenters. The van der Waals surface area contributed by atoms with Gasteiger partial charge < -0.3 is 14.2 Å². The molecule has 5 heteroatoms. The molecule has 126 valence electrons. The summed E-state index contributed by atoms with van der Waals surface area (Å²) in [7, 11) is 0. The van der Waals surface area contributed by atoms with E-state index < -0.39 is 0 Å². The van der Waals surface area contributed by atoms with E-state index in [9.17, 15) is 0 Å². The fourth-order valence-electron chi connectivity index (χ4n) is 3.25. The fourth-order valence-corrected chi connectivity index (χ4v) is 3.67. The third-order valence-electron chi connectivity index (χ3n) is 4.41. The van der Waals surface area contributed by atoms with Gasteiger partial charge in [0.05, 0.1) is 12.7 Å². The van der Waals surface area contributed by atoms with Gasteiger partial charge in [0, 0.05) is 29.7 Å². The monoisotopic (exact) mass is 389 g/mol. The molecule has 1 fully saturated rings. The summed E-state index contributed by atoms with van der Waals surface area (Å²) < 4.78 is 18.6. The number of ether oxygens (including phenoxy) is 3. The van der Waals surface area contributed by atoms with Crippen molar-refractivity contribution in [3.05, 3.63) is 58.1 Å². The van der Waals surface area contributed by atoms with Crippen molar-refractivity contribution in [3.8, 4) is 11.5 Å². The molecule has 0 unspecified atom stereocenters. The minimum Gasteiger partial charge on any atom is -0.486 e. The topological polar surface area (TPSA) is 30.9 Å². The lowest BCUT2D eigenvalue weighted by molar-refractivity contribution is -0.0332. The zero-order valence-electron chi connectivity index (χ0n) is 13.4. The Balaban J connectivity index is 1.49. The second-order valence-electron chi connectivity index (χ2n) is 6.09. The van der Waals surface area contributed by atoms with E-state index in [1.807, 2.05) is 18.2 Å². The maximum absolute atomic E-state index is 5.98. The summed E-state index contributed by atoms with van der Waals surface area (Å²) in [4.78, 5) is 2.42. The van der Waals surface area contributed by atoms with Crippen molar-refractivity contribution in [2.45, 2.75) is 12.6 Å². The van der Waals surface area contributed by atoms with E-state index in [-0.39, 0.29) is 6.10 Å². The van der Waals surface area contributed by atoms with Crippen molar-refractivity contribution in [1.82, 2.24) is 4.90 Å². The Kier molecular flexibility index (Phi) is 4.74. The molecule has 2 aromatic rings. The molecule has 2 heterocycles. The molecule has 0 bridgehead atoms.